The summed E-state index contributed by atoms with van der Waals surface area (Å²) in [6, 6.07) is 0. The first-order valence-electron chi connectivity index (χ1n) is 4.53. The van der Waals surface area contributed by atoms with Crippen LogP contribution in [0.15, 0.2) is 0 Å². The molecule has 0 N–H and O–H groups in total. The molecule has 0 aliphatic rings. The summed E-state index contributed by atoms with van der Waals surface area (Å²) in [5, 5.41) is 0. The molecule has 0 spiro atoms. The standard InChI is InChI=1S/2C5H7O2.CH2.O.Ti/c2*1-4(6)3-5(2)7;;;/h2*3H,1-2H3;1H2;;/q2*-1;;;. The van der Waals surface area contributed by atoms with Gasteiger partial charge in [0.1, 0.15) is 0 Å². The van der Waals surface area contributed by atoms with Gasteiger partial charge in [-0.15, -0.1) is 0 Å². The van der Waals surface area contributed by atoms with Crippen molar-refractivity contribution in [1.82, 2.24) is 0 Å². The van der Waals surface area contributed by atoms with E-state index in [2.05, 4.69) is 4.82 Å². The normalized spacial score (nSPS) is 6.82. The molecule has 17 heavy (non-hydrogen) atoms. The summed E-state index contributed by atoms with van der Waals surface area (Å²) in [5.74, 6) is -0.750. The average Bonchev–Trinajstić information content (AvgIpc) is 1.99. The van der Waals surface area contributed by atoms with E-state index in [0.717, 1.165) is 12.8 Å². The Hall–Kier alpha value is -1.20. The van der Waals surface area contributed by atoms with Gasteiger partial charge in [-0.25, -0.2) is 0 Å². The second kappa shape index (κ2) is 14.8. The van der Waals surface area contributed by atoms with E-state index < -0.39 is 18.7 Å². The number of ketones is 4. The Labute approximate surface area is 110 Å². The molecule has 0 saturated carbocycles. The van der Waals surface area contributed by atoms with Gasteiger partial charge in [0.05, 0.1) is 0 Å². The SMILES string of the molecule is CC(=O)[CH-]C(C)=O.CC(=O)[CH-]C(C)=O.[CH2]=[Ti]=[O]. The summed E-state index contributed by atoms with van der Waals surface area (Å²) in [5.41, 5.74) is 0. The molecule has 0 amide bonds. The molecule has 5 nitrogen and oxygen atoms in total. The molecule has 0 aromatic heterocycles. The molecular weight excluding hydrogens is 260 g/mol. The van der Waals surface area contributed by atoms with Gasteiger partial charge in [-0.3, -0.25) is 12.8 Å². The van der Waals surface area contributed by atoms with E-state index in [0.29, 0.717) is 0 Å². The first-order chi connectivity index (χ1) is 7.67. The third kappa shape index (κ3) is 52.4. The van der Waals surface area contributed by atoms with Crippen LogP contribution in [0.1, 0.15) is 27.7 Å². The summed E-state index contributed by atoms with van der Waals surface area (Å²) in [7, 11) is 0. The van der Waals surface area contributed by atoms with Crippen LogP contribution in [0.25, 0.3) is 0 Å². The molecule has 0 heterocycles. The Balaban J connectivity index is -0.000000188. The molecule has 0 fully saturated rings. The van der Waals surface area contributed by atoms with E-state index in [1.807, 2.05) is 0 Å². The van der Waals surface area contributed by atoms with Crippen molar-refractivity contribution in [3.63, 3.8) is 0 Å². The van der Waals surface area contributed by atoms with Gasteiger partial charge in [-0.05, 0) is 27.7 Å². The fraction of sp³-hybridized carbons (Fsp3) is 0.364. The second-order valence-corrected chi connectivity index (χ2v) is 3.33. The Morgan fingerprint density at radius 2 is 0.882 bits per heavy atom. The molecule has 0 rings (SSSR count). The van der Waals surface area contributed by atoms with Crippen LogP contribution in [-0.4, -0.2) is 28.0 Å². The molecule has 96 valence electrons. The van der Waals surface area contributed by atoms with Crippen LogP contribution in [0.3, 0.4) is 0 Å². The molecule has 0 atom stereocenters. The van der Waals surface area contributed by atoms with Gasteiger partial charge < -0.3 is 19.2 Å². The van der Waals surface area contributed by atoms with Crippen molar-refractivity contribution < 1.29 is 41.2 Å². The zero-order valence-electron chi connectivity index (χ0n) is 10.4. The van der Waals surface area contributed by atoms with Crippen LogP contribution in [-0.2, 0) is 41.2 Å². The van der Waals surface area contributed by atoms with E-state index in [9.17, 15) is 19.2 Å². The number of Topliss-reactive ketones (excluding diaryl/α,β-unsaturated/α-hetero) is 4. The van der Waals surface area contributed by atoms with Gasteiger partial charge in [-0.2, -0.15) is 0 Å². The van der Waals surface area contributed by atoms with Crippen LogP contribution >= 0.6 is 0 Å². The van der Waals surface area contributed by atoms with Gasteiger partial charge >= 0.3 is 26.8 Å². The van der Waals surface area contributed by atoms with E-state index in [1.54, 1.807) is 0 Å². The third-order valence-corrected chi connectivity index (χ3v) is 0.813. The minimum atomic E-state index is -1.00. The number of carbonyl (C=O) groups excluding carboxylic acids is 4. The molecule has 0 aromatic carbocycles. The van der Waals surface area contributed by atoms with Crippen LogP contribution in [0, 0.1) is 12.8 Å². The fourth-order valence-corrected chi connectivity index (χ4v) is 0.572. The third-order valence-electron chi connectivity index (χ3n) is 0.813. The topological polar surface area (TPSA) is 85.3 Å². The molecule has 0 unspecified atom stereocenters. The van der Waals surface area contributed by atoms with E-state index in [-0.39, 0.29) is 23.1 Å². The van der Waals surface area contributed by atoms with Crippen LogP contribution < -0.4 is 0 Å². The maximum absolute atomic E-state index is 9.98. The summed E-state index contributed by atoms with van der Waals surface area (Å²) in [6.07, 6.45) is 2.11. The van der Waals surface area contributed by atoms with Crippen molar-refractivity contribution in [2.24, 2.45) is 0 Å². The van der Waals surface area contributed by atoms with Crippen molar-refractivity contribution >= 4 is 28.0 Å². The zero-order valence-corrected chi connectivity index (χ0v) is 12.0. The zero-order chi connectivity index (χ0) is 14.4. The molecule has 6 heteroatoms. The Kier molecular flexibility index (Phi) is 18.4. The molecule has 0 bridgehead atoms. The Morgan fingerprint density at radius 1 is 0.765 bits per heavy atom. The number of carbonyl (C=O) groups is 4. The summed E-state index contributed by atoms with van der Waals surface area (Å²) in [4.78, 5) is 43.0. The van der Waals surface area contributed by atoms with Crippen molar-refractivity contribution in [1.29, 1.82) is 0 Å². The van der Waals surface area contributed by atoms with E-state index >= 15 is 0 Å². The van der Waals surface area contributed by atoms with Crippen molar-refractivity contribution in [3.8, 4) is 0 Å². The summed E-state index contributed by atoms with van der Waals surface area (Å²) < 4.78 is 8.94. The van der Waals surface area contributed by atoms with E-state index in [4.69, 9.17) is 3.32 Å². The number of hydrogen-bond donors (Lipinski definition) is 0. The molecule has 0 radical (unpaired) electrons. The van der Waals surface area contributed by atoms with Crippen LogP contribution in [0.4, 0.5) is 0 Å². The van der Waals surface area contributed by atoms with Gasteiger partial charge in [0.25, 0.3) is 0 Å². The monoisotopic (exact) mass is 276 g/mol. The average molecular weight is 276 g/mol. The first-order valence-corrected chi connectivity index (χ1v) is 6.27. The number of rotatable bonds is 4. The second-order valence-electron chi connectivity index (χ2n) is 2.88. The molecule has 0 aromatic rings. The van der Waals surface area contributed by atoms with Crippen molar-refractivity contribution in [2.45, 2.75) is 27.7 Å². The maximum atomic E-state index is 9.98. The van der Waals surface area contributed by atoms with Gasteiger partial charge in [0, 0.05) is 23.1 Å². The molecule has 0 saturated heterocycles. The fourth-order valence-electron chi connectivity index (χ4n) is 0.572. The number of hydrogen-bond acceptors (Lipinski definition) is 5. The van der Waals surface area contributed by atoms with E-state index in [1.165, 1.54) is 27.7 Å². The van der Waals surface area contributed by atoms with Gasteiger partial charge in [0.2, 0.25) is 0 Å². The van der Waals surface area contributed by atoms with Gasteiger partial charge in [0.15, 0.2) is 0 Å². The molecule has 0 aliphatic heterocycles. The summed E-state index contributed by atoms with van der Waals surface area (Å²) in [6.45, 7) is 5.39. The minimum absolute atomic E-state index is 0.187. The first kappa shape index (κ1) is 21.1. The van der Waals surface area contributed by atoms with Crippen molar-refractivity contribution in [3.05, 3.63) is 12.8 Å². The Bertz CT molecular complexity index is 264. The van der Waals surface area contributed by atoms with Crippen LogP contribution in [0.2, 0.25) is 0 Å². The Morgan fingerprint density at radius 3 is 0.882 bits per heavy atom. The van der Waals surface area contributed by atoms with Gasteiger partial charge in [-0.1, -0.05) is 0 Å². The predicted octanol–water partition coefficient (Wildman–Crippen LogP) is 0.584. The molecule has 0 aliphatic carbocycles. The summed E-state index contributed by atoms with van der Waals surface area (Å²) >= 11 is -1.00. The quantitative estimate of drug-likeness (QED) is 0.426. The van der Waals surface area contributed by atoms with Crippen LogP contribution in [0.5, 0.6) is 0 Å². The predicted molar refractivity (Wildman–Crippen MR) is 59.1 cm³/mol. The molecular formula is C11H16O5Ti-2. The van der Waals surface area contributed by atoms with Crippen molar-refractivity contribution in [2.75, 3.05) is 0 Å².